The number of nitrogens with zero attached hydrogens (tertiary/aromatic N) is 4. The van der Waals surface area contributed by atoms with E-state index in [4.69, 9.17) is 14.9 Å². The molecule has 0 radical (unpaired) electrons. The lowest BCUT2D eigenvalue weighted by Crippen LogP contribution is -2.43. The van der Waals surface area contributed by atoms with Crippen molar-refractivity contribution in [2.24, 2.45) is 5.92 Å². The van der Waals surface area contributed by atoms with Gasteiger partial charge < -0.3 is 19.8 Å². The number of carbonyl (C=O) groups excluding carboxylic acids is 1. The van der Waals surface area contributed by atoms with Crippen molar-refractivity contribution in [3.63, 3.8) is 0 Å². The van der Waals surface area contributed by atoms with Gasteiger partial charge in [-0.25, -0.2) is 4.79 Å². The van der Waals surface area contributed by atoms with E-state index in [2.05, 4.69) is 15.2 Å². The molecule has 0 saturated carbocycles. The number of nitrogen functional groups attached to an aromatic ring is 1. The summed E-state index contributed by atoms with van der Waals surface area (Å²) in [5.74, 6) is 0.342. The van der Waals surface area contributed by atoms with Crippen LogP contribution >= 0.6 is 11.3 Å². The highest BCUT2D eigenvalue weighted by Crippen LogP contribution is 2.22. The molecule has 0 aliphatic heterocycles. The number of thiophene rings is 1. The Morgan fingerprint density at radius 3 is 2.81 bits per heavy atom. The number of aromatic nitrogens is 4. The third-order valence-electron chi connectivity index (χ3n) is 4.64. The maximum absolute atomic E-state index is 13.1. The summed E-state index contributed by atoms with van der Waals surface area (Å²) < 4.78 is 12.0. The Bertz CT molecular complexity index is 1160. The number of nitrogens with one attached hydrogen (secondary N) is 1. The molecule has 0 aliphatic rings. The fourth-order valence-electron chi connectivity index (χ4n) is 3.13. The van der Waals surface area contributed by atoms with Gasteiger partial charge in [-0.3, -0.25) is 19.1 Å². The van der Waals surface area contributed by atoms with E-state index < -0.39 is 11.2 Å². The number of aryl methyl sites for hydroxylation is 1. The molecule has 0 saturated heterocycles. The Labute approximate surface area is 187 Å². The molecule has 0 bridgehead atoms. The van der Waals surface area contributed by atoms with Crippen LogP contribution in [0.25, 0.3) is 11.5 Å². The molecule has 12 heteroatoms. The highest BCUT2D eigenvalue weighted by atomic mass is 32.1. The minimum Gasteiger partial charge on any atom is -0.421 e. The van der Waals surface area contributed by atoms with Crippen LogP contribution in [0.4, 0.5) is 11.5 Å². The van der Waals surface area contributed by atoms with E-state index >= 15 is 0 Å². The molecule has 0 aliphatic carbocycles. The van der Waals surface area contributed by atoms with Gasteiger partial charge in [0.15, 0.2) is 5.69 Å². The van der Waals surface area contributed by atoms with Crippen LogP contribution in [0, 0.1) is 5.92 Å². The van der Waals surface area contributed by atoms with Crippen LogP contribution in [-0.4, -0.2) is 45.9 Å². The SMILES string of the molecule is COCCN(C(=O)CCc1nnc(-c2ccsc2)o1)c1c(N)n(CC(C)C)c(=O)[nH]c1=O. The van der Waals surface area contributed by atoms with Crippen molar-refractivity contribution >= 4 is 28.7 Å². The van der Waals surface area contributed by atoms with Crippen LogP contribution in [0.2, 0.25) is 0 Å². The first-order chi connectivity index (χ1) is 15.3. The van der Waals surface area contributed by atoms with Crippen LogP contribution in [0.5, 0.6) is 0 Å². The van der Waals surface area contributed by atoms with Gasteiger partial charge in [0.05, 0.1) is 6.61 Å². The fraction of sp³-hybridized carbons (Fsp3) is 0.450. The second kappa shape index (κ2) is 10.4. The summed E-state index contributed by atoms with van der Waals surface area (Å²) in [7, 11) is 1.49. The minimum absolute atomic E-state index is 0.00281. The largest absolute Gasteiger partial charge is 0.421 e. The van der Waals surface area contributed by atoms with Gasteiger partial charge in [0, 0.05) is 44.0 Å². The van der Waals surface area contributed by atoms with Gasteiger partial charge in [0.2, 0.25) is 17.7 Å². The first kappa shape index (κ1) is 23.4. The quantitative estimate of drug-likeness (QED) is 0.460. The van der Waals surface area contributed by atoms with E-state index in [9.17, 15) is 14.4 Å². The molecule has 0 fully saturated rings. The molecule has 0 atom stereocenters. The minimum atomic E-state index is -0.727. The van der Waals surface area contributed by atoms with Crippen molar-refractivity contribution in [2.75, 3.05) is 30.9 Å². The van der Waals surface area contributed by atoms with Gasteiger partial charge >= 0.3 is 5.69 Å². The summed E-state index contributed by atoms with van der Waals surface area (Å²) in [4.78, 5) is 41.4. The van der Waals surface area contributed by atoms with Crippen LogP contribution in [0.15, 0.2) is 30.8 Å². The molecule has 32 heavy (non-hydrogen) atoms. The summed E-state index contributed by atoms with van der Waals surface area (Å²) >= 11 is 1.51. The average Bonchev–Trinajstić information content (AvgIpc) is 3.43. The van der Waals surface area contributed by atoms with Crippen molar-refractivity contribution in [2.45, 2.75) is 33.2 Å². The van der Waals surface area contributed by atoms with E-state index in [0.29, 0.717) is 18.3 Å². The smallest absolute Gasteiger partial charge is 0.330 e. The number of H-pyrrole nitrogens is 1. The normalized spacial score (nSPS) is 11.2. The van der Waals surface area contributed by atoms with Gasteiger partial charge in [0.1, 0.15) is 5.82 Å². The zero-order valence-corrected chi connectivity index (χ0v) is 19.0. The predicted molar refractivity (Wildman–Crippen MR) is 121 cm³/mol. The Kier molecular flexibility index (Phi) is 7.59. The number of rotatable bonds is 10. The topological polar surface area (TPSA) is 149 Å². The van der Waals surface area contributed by atoms with E-state index in [1.807, 2.05) is 30.7 Å². The summed E-state index contributed by atoms with van der Waals surface area (Å²) in [5.41, 5.74) is 5.58. The second-order valence-corrected chi connectivity index (χ2v) is 8.33. The number of carbonyl (C=O) groups is 1. The lowest BCUT2D eigenvalue weighted by molar-refractivity contribution is -0.118. The average molecular weight is 463 g/mol. The summed E-state index contributed by atoms with van der Waals surface area (Å²) in [6.45, 7) is 4.40. The molecule has 0 aromatic carbocycles. The van der Waals surface area contributed by atoms with E-state index in [-0.39, 0.29) is 49.3 Å². The molecule has 0 unspecified atom stereocenters. The molecule has 3 rings (SSSR count). The molecule has 11 nitrogen and oxygen atoms in total. The molecule has 0 spiro atoms. The summed E-state index contributed by atoms with van der Waals surface area (Å²) in [5, 5.41) is 11.8. The van der Waals surface area contributed by atoms with E-state index in [1.165, 1.54) is 27.9 Å². The van der Waals surface area contributed by atoms with Crippen molar-refractivity contribution in [3.05, 3.63) is 43.6 Å². The lowest BCUT2D eigenvalue weighted by Gasteiger charge is -2.24. The maximum atomic E-state index is 13.1. The summed E-state index contributed by atoms with van der Waals surface area (Å²) in [6, 6.07) is 1.86. The Morgan fingerprint density at radius 1 is 1.38 bits per heavy atom. The van der Waals surface area contributed by atoms with Crippen molar-refractivity contribution in [1.29, 1.82) is 0 Å². The number of amides is 1. The molecule has 1 amide bonds. The second-order valence-electron chi connectivity index (χ2n) is 7.55. The van der Waals surface area contributed by atoms with Gasteiger partial charge in [-0.05, 0) is 17.4 Å². The molecule has 3 N–H and O–H groups in total. The lowest BCUT2D eigenvalue weighted by atomic mass is 10.2. The monoisotopic (exact) mass is 462 g/mol. The number of ether oxygens (including phenoxy) is 1. The Hall–Kier alpha value is -3.25. The number of aromatic amines is 1. The Morgan fingerprint density at radius 2 is 2.16 bits per heavy atom. The van der Waals surface area contributed by atoms with Crippen molar-refractivity contribution in [3.8, 4) is 11.5 Å². The number of anilines is 2. The molecule has 172 valence electrons. The number of nitrogens with two attached hydrogens (primary N) is 1. The van der Waals surface area contributed by atoms with Gasteiger partial charge in [0.25, 0.3) is 5.56 Å². The van der Waals surface area contributed by atoms with E-state index in [0.717, 1.165) is 5.56 Å². The summed E-state index contributed by atoms with van der Waals surface area (Å²) in [6.07, 6.45) is 0.181. The van der Waals surface area contributed by atoms with Crippen LogP contribution in [0.3, 0.4) is 0 Å². The van der Waals surface area contributed by atoms with Crippen molar-refractivity contribution in [1.82, 2.24) is 19.7 Å². The maximum Gasteiger partial charge on any atom is 0.330 e. The third-order valence-corrected chi connectivity index (χ3v) is 5.32. The highest BCUT2D eigenvalue weighted by molar-refractivity contribution is 7.08. The molecular formula is C20H26N6O5S. The van der Waals surface area contributed by atoms with Crippen LogP contribution < -0.4 is 21.9 Å². The molecule has 3 aromatic rings. The molecular weight excluding hydrogens is 436 g/mol. The van der Waals surface area contributed by atoms with Gasteiger partial charge in [-0.2, -0.15) is 11.3 Å². The predicted octanol–water partition coefficient (Wildman–Crippen LogP) is 1.50. The van der Waals surface area contributed by atoms with Crippen molar-refractivity contribution < 1.29 is 13.9 Å². The number of hydrogen-bond acceptors (Lipinski definition) is 9. The molecule has 3 aromatic heterocycles. The molecule has 3 heterocycles. The van der Waals surface area contributed by atoms with Gasteiger partial charge in [-0.15, -0.1) is 10.2 Å². The number of methoxy groups -OCH3 is 1. The highest BCUT2D eigenvalue weighted by Gasteiger charge is 2.25. The zero-order chi connectivity index (χ0) is 23.3. The Balaban J connectivity index is 1.84. The third kappa shape index (κ3) is 5.32. The first-order valence-corrected chi connectivity index (χ1v) is 11.0. The number of hydrogen-bond donors (Lipinski definition) is 2. The van der Waals surface area contributed by atoms with Gasteiger partial charge in [-0.1, -0.05) is 13.8 Å². The first-order valence-electron chi connectivity index (χ1n) is 10.1. The van der Waals surface area contributed by atoms with Crippen LogP contribution in [-0.2, 0) is 22.5 Å². The zero-order valence-electron chi connectivity index (χ0n) is 18.2. The van der Waals surface area contributed by atoms with Crippen LogP contribution in [0.1, 0.15) is 26.2 Å². The van der Waals surface area contributed by atoms with E-state index in [1.54, 1.807) is 0 Å². The fourth-order valence-corrected chi connectivity index (χ4v) is 3.76. The standard InChI is InChI=1S/C20H26N6O5S/c1-12(2)10-26-17(21)16(18(28)22-20(26)29)25(7-8-30-3)15(27)5-4-14-23-24-19(31-14)13-6-9-32-11-13/h6,9,11-12H,4-5,7-8,10,21H2,1-3H3,(H,22,28,29).